The van der Waals surface area contributed by atoms with Crippen molar-refractivity contribution < 1.29 is 9.34 Å². The van der Waals surface area contributed by atoms with Gasteiger partial charge in [0.2, 0.25) is 11.8 Å². The molecule has 9 heteroatoms. The minimum absolute atomic E-state index is 0.182. The van der Waals surface area contributed by atoms with Crippen LogP contribution in [0.1, 0.15) is 5.89 Å². The van der Waals surface area contributed by atoms with Gasteiger partial charge in [0.25, 0.3) is 0 Å². The number of hydrogen-bond acceptors (Lipinski definition) is 7. The topological polar surface area (TPSA) is 113 Å². The van der Waals surface area contributed by atoms with Crippen LogP contribution in [-0.4, -0.2) is 29.9 Å². The fraction of sp³-hybridized carbons (Fsp3) is 0.167. The van der Waals surface area contributed by atoms with Crippen molar-refractivity contribution in [2.24, 2.45) is 0 Å². The average Bonchev–Trinajstić information content (AvgIpc) is 3.15. The zero-order valence-electron chi connectivity index (χ0n) is 10.8. The second-order valence-electron chi connectivity index (χ2n) is 4.18. The fourth-order valence-corrected chi connectivity index (χ4v) is 1.75. The van der Waals surface area contributed by atoms with E-state index in [2.05, 4.69) is 20.3 Å². The smallest absolute Gasteiger partial charge is 0.389 e. The molecule has 3 rings (SSSR count). The number of rotatable bonds is 5. The van der Waals surface area contributed by atoms with Crippen molar-refractivity contribution >= 4 is 5.82 Å². The molecule has 3 aromatic heterocycles. The number of nitrogens with zero attached hydrogens (tertiary/aromatic N) is 6. The Morgan fingerprint density at radius 3 is 2.76 bits per heavy atom. The first-order valence-electron chi connectivity index (χ1n) is 6.13. The molecule has 0 bridgehead atoms. The van der Waals surface area contributed by atoms with Crippen LogP contribution in [0.2, 0.25) is 0 Å². The molecular formula is C12H10N6O3. The van der Waals surface area contributed by atoms with Crippen molar-refractivity contribution in [3.8, 4) is 11.5 Å². The summed E-state index contributed by atoms with van der Waals surface area (Å²) in [6.45, 7) is 0.422. The van der Waals surface area contributed by atoms with Crippen LogP contribution < -0.4 is 0 Å². The highest BCUT2D eigenvalue weighted by Crippen LogP contribution is 2.16. The van der Waals surface area contributed by atoms with Crippen molar-refractivity contribution in [2.75, 3.05) is 0 Å². The van der Waals surface area contributed by atoms with E-state index in [1.807, 2.05) is 0 Å². The maximum absolute atomic E-state index is 10.5. The molecule has 0 aliphatic carbocycles. The summed E-state index contributed by atoms with van der Waals surface area (Å²) in [5.41, 5.74) is 0.790. The highest BCUT2D eigenvalue weighted by molar-refractivity contribution is 5.50. The van der Waals surface area contributed by atoms with E-state index in [-0.39, 0.29) is 5.82 Å². The van der Waals surface area contributed by atoms with Gasteiger partial charge in [-0.3, -0.25) is 4.98 Å². The third kappa shape index (κ3) is 2.91. The molecule has 0 saturated carbocycles. The first-order valence-corrected chi connectivity index (χ1v) is 6.13. The Labute approximate surface area is 118 Å². The van der Waals surface area contributed by atoms with Gasteiger partial charge < -0.3 is 14.5 Å². The molecule has 0 N–H and O–H groups in total. The molecule has 0 unspecified atom stereocenters. The van der Waals surface area contributed by atoms with Gasteiger partial charge in [-0.1, -0.05) is 0 Å². The molecule has 0 radical (unpaired) electrons. The predicted octanol–water partition coefficient (Wildman–Crippen LogP) is 1.48. The van der Waals surface area contributed by atoms with Crippen molar-refractivity contribution in [2.45, 2.75) is 13.0 Å². The van der Waals surface area contributed by atoms with Crippen molar-refractivity contribution in [3.05, 3.63) is 52.8 Å². The van der Waals surface area contributed by atoms with Crippen LogP contribution in [0.4, 0.5) is 5.82 Å². The zero-order valence-corrected chi connectivity index (χ0v) is 10.8. The second-order valence-corrected chi connectivity index (χ2v) is 4.18. The summed E-state index contributed by atoms with van der Waals surface area (Å²) in [5.74, 6) is 0.678. The number of nitro groups is 1. The van der Waals surface area contributed by atoms with Crippen LogP contribution in [0.15, 0.2) is 41.2 Å². The first-order chi connectivity index (χ1) is 10.2. The summed E-state index contributed by atoms with van der Waals surface area (Å²) in [6, 6.07) is 4.89. The standard InChI is InChI=1S/C12H10N6O3/c19-18(20)10-3-7-17(16-10)8-4-11-14-15-12(21-11)9-1-5-13-6-2-9/h1-3,5-7H,4,8H2. The quantitative estimate of drug-likeness (QED) is 0.515. The van der Waals surface area contributed by atoms with Crippen LogP contribution in [0.25, 0.3) is 11.5 Å². The monoisotopic (exact) mass is 286 g/mol. The molecule has 9 nitrogen and oxygen atoms in total. The normalized spacial score (nSPS) is 10.7. The fourth-order valence-electron chi connectivity index (χ4n) is 1.75. The molecule has 0 fully saturated rings. The summed E-state index contributed by atoms with van der Waals surface area (Å²) in [6.07, 6.45) is 5.26. The number of pyridine rings is 1. The summed E-state index contributed by atoms with van der Waals surface area (Å²) >= 11 is 0. The molecule has 0 atom stereocenters. The van der Waals surface area contributed by atoms with E-state index in [1.54, 1.807) is 24.5 Å². The van der Waals surface area contributed by atoms with Crippen molar-refractivity contribution in [1.82, 2.24) is 25.0 Å². The van der Waals surface area contributed by atoms with Gasteiger partial charge in [0.15, 0.2) is 0 Å². The van der Waals surface area contributed by atoms with E-state index in [9.17, 15) is 10.1 Å². The highest BCUT2D eigenvalue weighted by Gasteiger charge is 2.12. The van der Waals surface area contributed by atoms with Gasteiger partial charge in [0.05, 0.1) is 23.9 Å². The van der Waals surface area contributed by atoms with Crippen LogP contribution in [-0.2, 0) is 13.0 Å². The Morgan fingerprint density at radius 1 is 1.24 bits per heavy atom. The van der Waals surface area contributed by atoms with Gasteiger partial charge in [-0.2, -0.15) is 4.68 Å². The summed E-state index contributed by atoms with van der Waals surface area (Å²) in [4.78, 5) is 13.9. The van der Waals surface area contributed by atoms with Crippen LogP contribution in [0.3, 0.4) is 0 Å². The van der Waals surface area contributed by atoms with Gasteiger partial charge in [0, 0.05) is 24.4 Å². The molecule has 0 aromatic carbocycles. The van der Waals surface area contributed by atoms with E-state index >= 15 is 0 Å². The molecule has 21 heavy (non-hydrogen) atoms. The highest BCUT2D eigenvalue weighted by atomic mass is 16.6. The molecule has 0 aliphatic rings. The Balaban J connectivity index is 1.66. The first kappa shape index (κ1) is 12.9. The van der Waals surface area contributed by atoms with Crippen molar-refractivity contribution in [3.63, 3.8) is 0 Å². The Kier molecular flexibility index (Phi) is 3.37. The molecule has 3 aromatic rings. The van der Waals surface area contributed by atoms with Gasteiger partial charge >= 0.3 is 5.82 Å². The van der Waals surface area contributed by atoms with Gasteiger partial charge in [0.1, 0.15) is 0 Å². The molecule has 3 heterocycles. The lowest BCUT2D eigenvalue weighted by molar-refractivity contribution is -0.389. The van der Waals surface area contributed by atoms with E-state index in [4.69, 9.17) is 4.42 Å². The molecule has 106 valence electrons. The van der Waals surface area contributed by atoms with Gasteiger partial charge in [-0.15, -0.1) is 10.2 Å². The van der Waals surface area contributed by atoms with Crippen LogP contribution in [0, 0.1) is 10.1 Å². The zero-order chi connectivity index (χ0) is 14.7. The Hall–Kier alpha value is -3.10. The molecule has 0 spiro atoms. The van der Waals surface area contributed by atoms with E-state index < -0.39 is 4.92 Å². The SMILES string of the molecule is O=[N+]([O-])c1ccn(CCc2nnc(-c3ccncc3)o2)n1. The van der Waals surface area contributed by atoms with E-state index in [0.29, 0.717) is 24.7 Å². The largest absolute Gasteiger partial charge is 0.421 e. The average molecular weight is 286 g/mol. The summed E-state index contributed by atoms with van der Waals surface area (Å²) < 4.78 is 6.99. The lowest BCUT2D eigenvalue weighted by atomic mass is 10.3. The minimum atomic E-state index is -0.537. The van der Waals surface area contributed by atoms with Crippen molar-refractivity contribution in [1.29, 1.82) is 0 Å². The third-order valence-corrected chi connectivity index (χ3v) is 2.76. The third-order valence-electron chi connectivity index (χ3n) is 2.76. The number of aryl methyl sites for hydroxylation is 2. The lowest BCUT2D eigenvalue weighted by Gasteiger charge is -1.93. The lowest BCUT2D eigenvalue weighted by Crippen LogP contribution is -2.03. The number of aromatic nitrogens is 5. The Bertz CT molecular complexity index is 751. The van der Waals surface area contributed by atoms with Gasteiger partial charge in [-0.05, 0) is 17.1 Å². The Morgan fingerprint density at radius 2 is 2.05 bits per heavy atom. The maximum atomic E-state index is 10.5. The molecular weight excluding hydrogens is 276 g/mol. The predicted molar refractivity (Wildman–Crippen MR) is 70.1 cm³/mol. The number of hydrogen-bond donors (Lipinski definition) is 0. The second kappa shape index (κ2) is 5.49. The molecule has 0 saturated heterocycles. The molecule has 0 aliphatic heterocycles. The van der Waals surface area contributed by atoms with Crippen LogP contribution >= 0.6 is 0 Å². The van der Waals surface area contributed by atoms with E-state index in [0.717, 1.165) is 5.56 Å². The van der Waals surface area contributed by atoms with Gasteiger partial charge in [-0.25, -0.2) is 0 Å². The van der Waals surface area contributed by atoms with E-state index in [1.165, 1.54) is 16.9 Å². The summed E-state index contributed by atoms with van der Waals surface area (Å²) in [5, 5.41) is 22.2. The minimum Gasteiger partial charge on any atom is -0.421 e. The molecule has 0 amide bonds. The maximum Gasteiger partial charge on any atom is 0.389 e. The summed E-state index contributed by atoms with van der Waals surface area (Å²) in [7, 11) is 0. The van der Waals surface area contributed by atoms with Crippen LogP contribution in [0.5, 0.6) is 0 Å².